The molecule has 0 radical (unpaired) electrons. The van der Waals surface area contributed by atoms with E-state index >= 15 is 0 Å². The molecule has 2 aliphatic rings. The van der Waals surface area contributed by atoms with Gasteiger partial charge in [-0.25, -0.2) is 4.57 Å². The second kappa shape index (κ2) is 12.6. The zero-order chi connectivity index (χ0) is 25.4. The summed E-state index contributed by atoms with van der Waals surface area (Å²) < 4.78 is 27.7. The number of carbonyl (C=O) groups excluding carboxylic acids is 2. The lowest BCUT2D eigenvalue weighted by molar-refractivity contribution is -0.146. The number of phosphoric ester groups is 1. The maximum atomic E-state index is 13.1. The summed E-state index contributed by atoms with van der Waals surface area (Å²) in [6.45, 7) is 4.51. The summed E-state index contributed by atoms with van der Waals surface area (Å²) in [4.78, 5) is 39.9. The Morgan fingerprint density at radius 2 is 1.74 bits per heavy atom. The van der Waals surface area contributed by atoms with Crippen molar-refractivity contribution in [1.29, 1.82) is 0 Å². The molecule has 1 fully saturated rings. The van der Waals surface area contributed by atoms with E-state index in [4.69, 9.17) is 13.6 Å². The first-order chi connectivity index (χ1) is 16.8. The monoisotopic (exact) mass is 508 g/mol. The summed E-state index contributed by atoms with van der Waals surface area (Å²) >= 11 is 0. The number of phosphoric acid groups is 1. The lowest BCUT2D eigenvalue weighted by Gasteiger charge is -2.31. The van der Waals surface area contributed by atoms with Crippen molar-refractivity contribution in [2.45, 2.75) is 45.3 Å². The number of carbonyl (C=O) groups is 3. The fourth-order valence-corrected chi connectivity index (χ4v) is 5.84. The van der Waals surface area contributed by atoms with Crippen molar-refractivity contribution in [1.82, 2.24) is 10.2 Å². The van der Waals surface area contributed by atoms with Gasteiger partial charge in [-0.3, -0.25) is 32.9 Å². The molecule has 3 rings (SSSR count). The van der Waals surface area contributed by atoms with Crippen molar-refractivity contribution in [3.63, 3.8) is 0 Å². The number of benzene rings is 1. The zero-order valence-corrected chi connectivity index (χ0v) is 20.9. The maximum Gasteiger partial charge on any atom is 0.474 e. The number of ketones is 1. The molecule has 10 nitrogen and oxygen atoms in total. The van der Waals surface area contributed by atoms with E-state index in [1.165, 1.54) is 6.08 Å². The van der Waals surface area contributed by atoms with Crippen molar-refractivity contribution >= 4 is 25.5 Å². The Morgan fingerprint density at radius 3 is 2.37 bits per heavy atom. The van der Waals surface area contributed by atoms with Gasteiger partial charge in [0.2, 0.25) is 5.91 Å². The lowest BCUT2D eigenvalue weighted by atomic mass is 9.86. The molecule has 1 amide bonds. The number of rotatable bonds is 14. The summed E-state index contributed by atoms with van der Waals surface area (Å²) in [5, 5.41) is 12.7. The van der Waals surface area contributed by atoms with Gasteiger partial charge in [-0.15, -0.1) is 0 Å². The van der Waals surface area contributed by atoms with Crippen LogP contribution in [-0.4, -0.2) is 66.1 Å². The second-order valence-electron chi connectivity index (χ2n) is 8.36. The first-order valence-corrected chi connectivity index (χ1v) is 13.3. The molecular formula is C24H33N2O8P. The van der Waals surface area contributed by atoms with Gasteiger partial charge in [0.1, 0.15) is 0 Å². The molecule has 1 aromatic rings. The van der Waals surface area contributed by atoms with Gasteiger partial charge < -0.3 is 10.4 Å². The van der Waals surface area contributed by atoms with Crippen LogP contribution in [0.3, 0.4) is 0 Å². The van der Waals surface area contributed by atoms with Crippen LogP contribution in [0, 0.1) is 11.8 Å². The molecular weight excluding hydrogens is 475 g/mol. The van der Waals surface area contributed by atoms with Crippen molar-refractivity contribution < 1.29 is 37.6 Å². The van der Waals surface area contributed by atoms with E-state index in [-0.39, 0.29) is 32.1 Å². The molecule has 0 aliphatic carbocycles. The molecule has 1 aromatic carbocycles. The van der Waals surface area contributed by atoms with Crippen molar-refractivity contribution in [3.05, 3.63) is 48.0 Å². The lowest BCUT2D eigenvalue weighted by Crippen LogP contribution is -2.47. The van der Waals surface area contributed by atoms with Gasteiger partial charge >= 0.3 is 13.8 Å². The molecule has 2 aliphatic heterocycles. The molecule has 192 valence electrons. The fraction of sp³-hybridized carbons (Fsp3) is 0.542. The predicted octanol–water partition coefficient (Wildman–Crippen LogP) is 2.79. The standard InChI is InChI=1S/C24H33N2O8P/c1-3-32-35(31,33-4-2)34-15-9-8-14-25-23(28)21-20(24(29)30)18-12-13-19(27)22(21)26(18)16-17-10-6-5-7-11-17/h5-7,10-13,18,20-22H,3-4,8-9,14-16H2,1-2H3,(H,25,28)(H,29,30)/t18-,20?,21?,22+/m1/s1. The normalized spacial score (nSPS) is 24.0. The zero-order valence-electron chi connectivity index (χ0n) is 20.0. The number of carboxylic acid groups (broad SMARTS) is 1. The summed E-state index contributed by atoms with van der Waals surface area (Å²) in [5.41, 5.74) is 0.937. The summed E-state index contributed by atoms with van der Waals surface area (Å²) in [7, 11) is -3.58. The van der Waals surface area contributed by atoms with Crippen LogP contribution in [0.25, 0.3) is 0 Å². The highest BCUT2D eigenvalue weighted by Gasteiger charge is 2.58. The minimum atomic E-state index is -3.58. The molecule has 2 bridgehead atoms. The number of nitrogens with zero attached hydrogens (tertiary/aromatic N) is 1. The van der Waals surface area contributed by atoms with Crippen LogP contribution in [-0.2, 0) is 39.1 Å². The van der Waals surface area contributed by atoms with Gasteiger partial charge in [0.15, 0.2) is 5.78 Å². The third kappa shape index (κ3) is 6.65. The third-order valence-electron chi connectivity index (χ3n) is 6.07. The Morgan fingerprint density at radius 1 is 1.06 bits per heavy atom. The van der Waals surface area contributed by atoms with E-state index in [9.17, 15) is 24.1 Å². The van der Waals surface area contributed by atoms with Crippen LogP contribution < -0.4 is 5.32 Å². The Labute approximate surface area is 205 Å². The van der Waals surface area contributed by atoms with Crippen molar-refractivity contribution in [2.24, 2.45) is 11.8 Å². The average Bonchev–Trinajstić information content (AvgIpc) is 3.05. The minimum absolute atomic E-state index is 0.117. The van der Waals surface area contributed by atoms with E-state index in [1.54, 1.807) is 19.9 Å². The van der Waals surface area contributed by atoms with E-state index in [0.29, 0.717) is 19.4 Å². The molecule has 0 saturated carbocycles. The summed E-state index contributed by atoms with van der Waals surface area (Å²) in [5.74, 6) is -3.87. The van der Waals surface area contributed by atoms with Crippen LogP contribution in [0.1, 0.15) is 32.3 Å². The topological polar surface area (TPSA) is 131 Å². The molecule has 2 N–H and O–H groups in total. The first kappa shape index (κ1) is 27.2. The molecule has 1 saturated heterocycles. The van der Waals surface area contributed by atoms with Crippen LogP contribution in [0.2, 0.25) is 0 Å². The van der Waals surface area contributed by atoms with Gasteiger partial charge in [0.25, 0.3) is 0 Å². The van der Waals surface area contributed by atoms with E-state index in [0.717, 1.165) is 5.56 Å². The summed E-state index contributed by atoms with van der Waals surface area (Å²) in [6.07, 6.45) is 3.97. The average molecular weight is 509 g/mol. The first-order valence-electron chi connectivity index (χ1n) is 11.9. The van der Waals surface area contributed by atoms with Crippen LogP contribution in [0.5, 0.6) is 0 Å². The second-order valence-corrected chi connectivity index (χ2v) is 10.0. The molecule has 2 heterocycles. The van der Waals surface area contributed by atoms with Gasteiger partial charge in [-0.05, 0) is 38.3 Å². The maximum absolute atomic E-state index is 13.1. The Bertz CT molecular complexity index is 960. The van der Waals surface area contributed by atoms with E-state index in [2.05, 4.69) is 5.32 Å². The largest absolute Gasteiger partial charge is 0.481 e. The number of fused-ring (bicyclic) bond motifs is 2. The molecule has 11 heteroatoms. The number of hydrogen-bond acceptors (Lipinski definition) is 8. The molecule has 2 unspecified atom stereocenters. The third-order valence-corrected chi connectivity index (χ3v) is 7.72. The van der Waals surface area contributed by atoms with Gasteiger partial charge in [0, 0.05) is 19.1 Å². The fourth-order valence-electron chi connectivity index (χ4n) is 4.63. The van der Waals surface area contributed by atoms with Gasteiger partial charge in [-0.2, -0.15) is 0 Å². The van der Waals surface area contributed by atoms with E-state index in [1.807, 2.05) is 35.2 Å². The SMILES string of the molecule is CCOP(=O)(OCC)OCCCCNC(=O)C1C(C(=O)O)[C@H]2C=CC(=O)[C@@H]1N2Cc1ccccc1. The van der Waals surface area contributed by atoms with E-state index < -0.39 is 43.6 Å². The van der Waals surface area contributed by atoms with Crippen molar-refractivity contribution in [3.8, 4) is 0 Å². The van der Waals surface area contributed by atoms with Gasteiger partial charge in [-0.1, -0.05) is 36.4 Å². The Balaban J connectivity index is 1.59. The number of unbranched alkanes of at least 4 members (excludes halogenated alkanes) is 1. The molecule has 35 heavy (non-hydrogen) atoms. The van der Waals surface area contributed by atoms with Crippen LogP contribution >= 0.6 is 7.82 Å². The Kier molecular flexibility index (Phi) is 9.77. The number of carboxylic acids is 1. The number of aliphatic carboxylic acids is 1. The molecule has 0 aromatic heterocycles. The molecule has 0 spiro atoms. The van der Waals surface area contributed by atoms with Crippen molar-refractivity contribution in [2.75, 3.05) is 26.4 Å². The predicted molar refractivity (Wildman–Crippen MR) is 127 cm³/mol. The minimum Gasteiger partial charge on any atom is -0.481 e. The Hall–Kier alpha value is -2.36. The smallest absolute Gasteiger partial charge is 0.474 e. The highest BCUT2D eigenvalue weighted by Crippen LogP contribution is 2.49. The summed E-state index contributed by atoms with van der Waals surface area (Å²) in [6, 6.07) is 8.07. The number of nitrogens with one attached hydrogen (secondary N) is 1. The number of hydrogen-bond donors (Lipinski definition) is 2. The quantitative estimate of drug-likeness (QED) is 0.288. The highest BCUT2D eigenvalue weighted by atomic mass is 31.2. The van der Waals surface area contributed by atoms with Gasteiger partial charge in [0.05, 0.1) is 37.7 Å². The number of amides is 1. The highest BCUT2D eigenvalue weighted by molar-refractivity contribution is 7.48. The van der Waals surface area contributed by atoms with Crippen LogP contribution in [0.15, 0.2) is 42.5 Å². The molecule has 4 atom stereocenters. The van der Waals surface area contributed by atoms with Crippen LogP contribution in [0.4, 0.5) is 0 Å².